The van der Waals surface area contributed by atoms with E-state index < -0.39 is 0 Å². The van der Waals surface area contributed by atoms with Crippen molar-refractivity contribution in [2.24, 2.45) is 0 Å². The van der Waals surface area contributed by atoms with Gasteiger partial charge in [-0.3, -0.25) is 4.79 Å². The average Bonchev–Trinajstić information content (AvgIpc) is 2.69. The Hall–Kier alpha value is -2.29. The van der Waals surface area contributed by atoms with Crippen molar-refractivity contribution < 1.29 is 4.79 Å². The van der Waals surface area contributed by atoms with Gasteiger partial charge in [0.1, 0.15) is 0 Å². The zero-order chi connectivity index (χ0) is 17.6. The summed E-state index contributed by atoms with van der Waals surface area (Å²) in [7, 11) is 0. The second-order valence-electron chi connectivity index (χ2n) is 6.65. The molecule has 0 radical (unpaired) electrons. The maximum Gasteiger partial charge on any atom is 0.226 e. The van der Waals surface area contributed by atoms with Crippen molar-refractivity contribution in [2.75, 3.05) is 22.9 Å². The Morgan fingerprint density at radius 3 is 2.28 bits per heavy atom. The molecule has 1 aliphatic rings. The number of hydrogen-bond donors (Lipinski definition) is 0. The summed E-state index contributed by atoms with van der Waals surface area (Å²) in [5.41, 5.74) is 3.80. The number of aryl methyl sites for hydroxylation is 1. The van der Waals surface area contributed by atoms with E-state index in [1.807, 2.05) is 42.2 Å². The standard InChI is InChI=1S/C22H28N2O/c1-3-18-10-8-9-13-21(18)23-16-14-20(15-17-23)24(22(25)4-2)19-11-6-5-7-12-19/h5-13,20H,3-4,14-17H2,1-2H3. The molecule has 3 nitrogen and oxygen atoms in total. The van der Waals surface area contributed by atoms with Gasteiger partial charge in [-0.1, -0.05) is 50.2 Å². The third kappa shape index (κ3) is 3.87. The smallest absolute Gasteiger partial charge is 0.226 e. The molecule has 1 aliphatic heterocycles. The van der Waals surface area contributed by atoms with Gasteiger partial charge in [0, 0.05) is 36.9 Å². The van der Waals surface area contributed by atoms with E-state index in [4.69, 9.17) is 0 Å². The normalized spacial score (nSPS) is 15.2. The number of nitrogens with zero attached hydrogens (tertiary/aromatic N) is 2. The van der Waals surface area contributed by atoms with Gasteiger partial charge in [-0.25, -0.2) is 0 Å². The minimum absolute atomic E-state index is 0.221. The van der Waals surface area contributed by atoms with Crippen LogP contribution in [0.3, 0.4) is 0 Å². The summed E-state index contributed by atoms with van der Waals surface area (Å²) < 4.78 is 0. The van der Waals surface area contributed by atoms with E-state index in [1.54, 1.807) is 0 Å². The molecule has 1 fully saturated rings. The highest BCUT2D eigenvalue weighted by molar-refractivity contribution is 5.93. The number of carbonyl (C=O) groups is 1. The van der Waals surface area contributed by atoms with Gasteiger partial charge in [0.15, 0.2) is 0 Å². The molecule has 0 bridgehead atoms. The van der Waals surface area contributed by atoms with Crippen molar-refractivity contribution in [1.29, 1.82) is 0 Å². The number of rotatable bonds is 5. The molecule has 132 valence electrons. The minimum Gasteiger partial charge on any atom is -0.371 e. The van der Waals surface area contributed by atoms with E-state index in [0.29, 0.717) is 12.5 Å². The first-order valence-corrected chi connectivity index (χ1v) is 9.44. The van der Waals surface area contributed by atoms with E-state index >= 15 is 0 Å². The monoisotopic (exact) mass is 336 g/mol. The molecule has 3 heteroatoms. The van der Waals surface area contributed by atoms with E-state index in [-0.39, 0.29) is 5.91 Å². The predicted molar refractivity (Wildman–Crippen MR) is 105 cm³/mol. The highest BCUT2D eigenvalue weighted by Gasteiger charge is 2.28. The van der Waals surface area contributed by atoms with Crippen LogP contribution in [0, 0.1) is 0 Å². The van der Waals surface area contributed by atoms with Gasteiger partial charge in [0.05, 0.1) is 0 Å². The van der Waals surface area contributed by atoms with E-state index in [2.05, 4.69) is 36.1 Å². The maximum absolute atomic E-state index is 12.6. The van der Waals surface area contributed by atoms with Gasteiger partial charge in [0.25, 0.3) is 0 Å². The summed E-state index contributed by atoms with van der Waals surface area (Å²) in [6.45, 7) is 6.16. The Kier molecular flexibility index (Phi) is 5.75. The van der Waals surface area contributed by atoms with Crippen molar-refractivity contribution in [3.63, 3.8) is 0 Å². The molecule has 1 saturated heterocycles. The fourth-order valence-corrected chi connectivity index (χ4v) is 3.80. The number of hydrogen-bond acceptors (Lipinski definition) is 2. The van der Waals surface area contributed by atoms with Gasteiger partial charge in [-0.2, -0.15) is 0 Å². The number of amides is 1. The molecular formula is C22H28N2O. The van der Waals surface area contributed by atoms with E-state index in [0.717, 1.165) is 38.0 Å². The lowest BCUT2D eigenvalue weighted by molar-refractivity contribution is -0.118. The van der Waals surface area contributed by atoms with Crippen LogP contribution < -0.4 is 9.80 Å². The Morgan fingerprint density at radius 2 is 1.64 bits per heavy atom. The third-order valence-corrected chi connectivity index (χ3v) is 5.15. The molecule has 0 saturated carbocycles. The van der Waals surface area contributed by atoms with Crippen LogP contribution in [0.2, 0.25) is 0 Å². The molecule has 0 aliphatic carbocycles. The first-order chi connectivity index (χ1) is 12.2. The first kappa shape index (κ1) is 17.5. The molecular weight excluding hydrogens is 308 g/mol. The largest absolute Gasteiger partial charge is 0.371 e. The van der Waals surface area contributed by atoms with E-state index in [9.17, 15) is 4.79 Å². The van der Waals surface area contributed by atoms with Crippen molar-refractivity contribution in [2.45, 2.75) is 45.6 Å². The third-order valence-electron chi connectivity index (χ3n) is 5.15. The summed E-state index contributed by atoms with van der Waals surface area (Å²) >= 11 is 0. The van der Waals surface area contributed by atoms with Gasteiger partial charge < -0.3 is 9.80 Å². The Balaban J connectivity index is 1.74. The maximum atomic E-state index is 12.6. The SMILES string of the molecule is CCC(=O)N(c1ccccc1)C1CCN(c2ccccc2CC)CC1. The highest BCUT2D eigenvalue weighted by Crippen LogP contribution is 2.29. The van der Waals surface area contributed by atoms with Crippen molar-refractivity contribution >= 4 is 17.3 Å². The minimum atomic E-state index is 0.221. The molecule has 0 atom stereocenters. The molecule has 3 rings (SSSR count). The quantitative estimate of drug-likeness (QED) is 0.793. The van der Waals surface area contributed by atoms with Crippen LogP contribution in [0.15, 0.2) is 54.6 Å². The molecule has 0 unspecified atom stereocenters. The number of anilines is 2. The molecule has 0 aromatic heterocycles. The zero-order valence-electron chi connectivity index (χ0n) is 15.3. The van der Waals surface area contributed by atoms with Gasteiger partial charge in [0.2, 0.25) is 5.91 Å². The van der Waals surface area contributed by atoms with Crippen LogP contribution in [0.1, 0.15) is 38.7 Å². The Bertz CT molecular complexity index is 690. The second-order valence-corrected chi connectivity index (χ2v) is 6.65. The zero-order valence-corrected chi connectivity index (χ0v) is 15.3. The van der Waals surface area contributed by atoms with Gasteiger partial charge in [-0.15, -0.1) is 0 Å². The van der Waals surface area contributed by atoms with Crippen LogP contribution in [0.4, 0.5) is 11.4 Å². The van der Waals surface area contributed by atoms with Crippen LogP contribution in [-0.2, 0) is 11.2 Å². The molecule has 0 spiro atoms. The topological polar surface area (TPSA) is 23.6 Å². The molecule has 1 amide bonds. The fraction of sp³-hybridized carbons (Fsp3) is 0.409. The number of benzene rings is 2. The number of carbonyl (C=O) groups excluding carboxylic acids is 1. The van der Waals surface area contributed by atoms with Gasteiger partial charge in [-0.05, 0) is 43.0 Å². The van der Waals surface area contributed by atoms with Crippen LogP contribution in [0.25, 0.3) is 0 Å². The summed E-state index contributed by atoms with van der Waals surface area (Å²) in [6, 6.07) is 19.1. The van der Waals surface area contributed by atoms with Crippen LogP contribution in [0.5, 0.6) is 0 Å². The predicted octanol–water partition coefficient (Wildman–Crippen LogP) is 4.66. The lowest BCUT2D eigenvalue weighted by Gasteiger charge is -2.40. The highest BCUT2D eigenvalue weighted by atomic mass is 16.2. The molecule has 2 aromatic rings. The van der Waals surface area contributed by atoms with Crippen molar-refractivity contribution in [1.82, 2.24) is 0 Å². The van der Waals surface area contributed by atoms with E-state index in [1.165, 1.54) is 11.3 Å². The van der Waals surface area contributed by atoms with Gasteiger partial charge >= 0.3 is 0 Å². The van der Waals surface area contributed by atoms with Crippen LogP contribution in [-0.4, -0.2) is 25.0 Å². The lowest BCUT2D eigenvalue weighted by atomic mass is 9.99. The molecule has 2 aromatic carbocycles. The number of para-hydroxylation sites is 2. The summed E-state index contributed by atoms with van der Waals surface area (Å²) in [6.07, 6.45) is 3.63. The molecule has 0 N–H and O–H groups in total. The Morgan fingerprint density at radius 1 is 1.00 bits per heavy atom. The molecule has 1 heterocycles. The fourth-order valence-electron chi connectivity index (χ4n) is 3.80. The second kappa shape index (κ2) is 8.19. The van der Waals surface area contributed by atoms with Crippen LogP contribution >= 0.6 is 0 Å². The summed E-state index contributed by atoms with van der Waals surface area (Å²) in [5, 5.41) is 0. The first-order valence-electron chi connectivity index (χ1n) is 9.44. The number of piperidine rings is 1. The average molecular weight is 336 g/mol. The summed E-state index contributed by atoms with van der Waals surface area (Å²) in [4.78, 5) is 17.1. The molecule has 25 heavy (non-hydrogen) atoms. The summed E-state index contributed by atoms with van der Waals surface area (Å²) in [5.74, 6) is 0.221. The Labute approximate surface area is 151 Å². The van der Waals surface area contributed by atoms with Crippen molar-refractivity contribution in [3.05, 3.63) is 60.2 Å². The lowest BCUT2D eigenvalue weighted by Crippen LogP contribution is -2.47. The van der Waals surface area contributed by atoms with Crippen molar-refractivity contribution in [3.8, 4) is 0 Å².